The van der Waals surface area contributed by atoms with E-state index in [0.717, 1.165) is 38.1 Å². The van der Waals surface area contributed by atoms with E-state index in [1.54, 1.807) is 0 Å². The van der Waals surface area contributed by atoms with Crippen molar-refractivity contribution < 1.29 is 4.74 Å². The molecule has 1 aromatic rings. The van der Waals surface area contributed by atoms with Gasteiger partial charge >= 0.3 is 0 Å². The molecule has 0 aromatic heterocycles. The molecule has 17 heavy (non-hydrogen) atoms. The predicted molar refractivity (Wildman–Crippen MR) is 70.3 cm³/mol. The first-order chi connectivity index (χ1) is 8.28. The Morgan fingerprint density at radius 1 is 1.24 bits per heavy atom. The zero-order valence-corrected chi connectivity index (χ0v) is 10.6. The molecule has 1 aromatic carbocycles. The van der Waals surface area contributed by atoms with Gasteiger partial charge in [0, 0.05) is 13.1 Å². The lowest BCUT2D eigenvalue weighted by molar-refractivity contribution is 0.114. The minimum Gasteiger partial charge on any atom is -0.490 e. The summed E-state index contributed by atoms with van der Waals surface area (Å²) in [4.78, 5) is 2.35. The maximum absolute atomic E-state index is 5.98. The van der Waals surface area contributed by atoms with Crippen LogP contribution in [0, 0.1) is 0 Å². The Bertz CT molecular complexity index is 329. The molecule has 3 nitrogen and oxygen atoms in total. The van der Waals surface area contributed by atoms with Crippen molar-refractivity contribution in [1.29, 1.82) is 0 Å². The second-order valence-electron chi connectivity index (χ2n) is 4.80. The zero-order valence-electron chi connectivity index (χ0n) is 10.6. The lowest BCUT2D eigenvalue weighted by atomic mass is 10.1. The molecule has 1 aliphatic heterocycles. The molecule has 94 valence electrons. The van der Waals surface area contributed by atoms with E-state index in [-0.39, 0.29) is 0 Å². The second kappa shape index (κ2) is 6.03. The van der Waals surface area contributed by atoms with Gasteiger partial charge in [0.2, 0.25) is 0 Å². The maximum atomic E-state index is 5.98. The topological polar surface area (TPSA) is 38.5 Å². The van der Waals surface area contributed by atoms with Crippen LogP contribution in [0.5, 0.6) is 5.75 Å². The van der Waals surface area contributed by atoms with Crippen LogP contribution in [-0.4, -0.2) is 37.7 Å². The van der Waals surface area contributed by atoms with E-state index in [0.29, 0.717) is 12.6 Å². The number of likely N-dealkylation sites (tertiary alicyclic amines) is 1. The third-order valence-electron chi connectivity index (χ3n) is 3.32. The monoisotopic (exact) mass is 234 g/mol. The highest BCUT2D eigenvalue weighted by Gasteiger charge is 2.17. The van der Waals surface area contributed by atoms with Gasteiger partial charge < -0.3 is 15.4 Å². The van der Waals surface area contributed by atoms with E-state index in [1.807, 2.05) is 0 Å². The van der Waals surface area contributed by atoms with Crippen LogP contribution in [0.15, 0.2) is 24.3 Å². The van der Waals surface area contributed by atoms with Crippen LogP contribution >= 0.6 is 0 Å². The molecule has 3 heteroatoms. The fourth-order valence-electron chi connectivity index (χ4n) is 2.20. The molecule has 0 atom stereocenters. The average Bonchev–Trinajstić information content (AvgIpc) is 2.35. The van der Waals surface area contributed by atoms with E-state index in [4.69, 9.17) is 10.5 Å². The first-order valence-corrected chi connectivity index (χ1v) is 6.42. The van der Waals surface area contributed by atoms with Gasteiger partial charge in [0.25, 0.3) is 0 Å². The molecular weight excluding hydrogens is 212 g/mol. The summed E-state index contributed by atoms with van der Waals surface area (Å²) in [6, 6.07) is 8.33. The summed E-state index contributed by atoms with van der Waals surface area (Å²) in [7, 11) is 2.16. The summed E-state index contributed by atoms with van der Waals surface area (Å²) in [5.74, 6) is 0.986. The lowest BCUT2D eigenvalue weighted by Gasteiger charge is -2.29. The highest BCUT2D eigenvalue weighted by Crippen LogP contribution is 2.19. The van der Waals surface area contributed by atoms with E-state index >= 15 is 0 Å². The number of ether oxygens (including phenoxy) is 1. The summed E-state index contributed by atoms with van der Waals surface area (Å²) in [5, 5.41) is 0. The van der Waals surface area contributed by atoms with Crippen LogP contribution in [0.2, 0.25) is 0 Å². The van der Waals surface area contributed by atoms with Gasteiger partial charge in [-0.05, 0) is 50.6 Å². The van der Waals surface area contributed by atoms with Crippen molar-refractivity contribution >= 4 is 0 Å². The highest BCUT2D eigenvalue weighted by molar-refractivity contribution is 5.27. The van der Waals surface area contributed by atoms with Crippen molar-refractivity contribution in [3.05, 3.63) is 29.8 Å². The van der Waals surface area contributed by atoms with Crippen molar-refractivity contribution in [2.75, 3.05) is 26.7 Å². The van der Waals surface area contributed by atoms with E-state index < -0.39 is 0 Å². The Balaban J connectivity index is 1.86. The van der Waals surface area contributed by atoms with Gasteiger partial charge in [0.1, 0.15) is 11.9 Å². The standard InChI is InChI=1S/C14H22N2O/c1-16-10-7-14(8-11-16)17-13-4-2-12(3-5-13)6-9-15/h2-5,14H,6-11,15H2,1H3. The minimum atomic E-state index is 0.381. The van der Waals surface area contributed by atoms with E-state index in [1.165, 1.54) is 5.56 Å². The smallest absolute Gasteiger partial charge is 0.119 e. The lowest BCUT2D eigenvalue weighted by Crippen LogP contribution is -2.35. The van der Waals surface area contributed by atoms with Crippen molar-refractivity contribution in [3.8, 4) is 5.75 Å². The average molecular weight is 234 g/mol. The van der Waals surface area contributed by atoms with Crippen molar-refractivity contribution in [1.82, 2.24) is 4.90 Å². The van der Waals surface area contributed by atoms with Gasteiger partial charge in [0.15, 0.2) is 0 Å². The number of rotatable bonds is 4. The first kappa shape index (κ1) is 12.4. The molecule has 0 radical (unpaired) electrons. The van der Waals surface area contributed by atoms with Gasteiger partial charge in [-0.1, -0.05) is 12.1 Å². The van der Waals surface area contributed by atoms with Crippen LogP contribution in [0.25, 0.3) is 0 Å². The zero-order chi connectivity index (χ0) is 12.1. The second-order valence-corrected chi connectivity index (χ2v) is 4.80. The van der Waals surface area contributed by atoms with Crippen LogP contribution in [0.3, 0.4) is 0 Å². The number of nitrogens with zero attached hydrogens (tertiary/aromatic N) is 1. The molecule has 1 heterocycles. The van der Waals surface area contributed by atoms with Gasteiger partial charge in [-0.25, -0.2) is 0 Å². The quantitative estimate of drug-likeness (QED) is 0.861. The summed E-state index contributed by atoms with van der Waals surface area (Å²) < 4.78 is 5.98. The minimum absolute atomic E-state index is 0.381. The molecule has 1 aliphatic rings. The molecule has 0 unspecified atom stereocenters. The van der Waals surface area contributed by atoms with Gasteiger partial charge in [0.05, 0.1) is 0 Å². The van der Waals surface area contributed by atoms with E-state index in [2.05, 4.69) is 36.2 Å². The Labute approximate surface area is 104 Å². The van der Waals surface area contributed by atoms with Crippen LogP contribution < -0.4 is 10.5 Å². The molecular formula is C14H22N2O. The number of hydrogen-bond donors (Lipinski definition) is 1. The molecule has 0 spiro atoms. The number of benzene rings is 1. The van der Waals surface area contributed by atoms with Crippen molar-refractivity contribution in [3.63, 3.8) is 0 Å². The van der Waals surface area contributed by atoms with Gasteiger partial charge in [-0.3, -0.25) is 0 Å². The molecule has 0 saturated carbocycles. The molecule has 0 amide bonds. The Hall–Kier alpha value is -1.06. The predicted octanol–water partition coefficient (Wildman–Crippen LogP) is 1.66. The Kier molecular flexibility index (Phi) is 4.40. The molecule has 1 saturated heterocycles. The third kappa shape index (κ3) is 3.72. The fraction of sp³-hybridized carbons (Fsp3) is 0.571. The fourth-order valence-corrected chi connectivity index (χ4v) is 2.20. The third-order valence-corrected chi connectivity index (χ3v) is 3.32. The van der Waals surface area contributed by atoms with Crippen LogP contribution in [0.1, 0.15) is 18.4 Å². The van der Waals surface area contributed by atoms with Crippen LogP contribution in [0.4, 0.5) is 0 Å². The largest absolute Gasteiger partial charge is 0.490 e. The summed E-state index contributed by atoms with van der Waals surface area (Å²) in [6.07, 6.45) is 3.57. The summed E-state index contributed by atoms with van der Waals surface area (Å²) >= 11 is 0. The molecule has 2 rings (SSSR count). The Morgan fingerprint density at radius 2 is 1.88 bits per heavy atom. The molecule has 0 aliphatic carbocycles. The normalized spacial score (nSPS) is 18.2. The summed E-state index contributed by atoms with van der Waals surface area (Å²) in [6.45, 7) is 2.97. The summed E-state index contributed by atoms with van der Waals surface area (Å²) in [5.41, 5.74) is 6.81. The van der Waals surface area contributed by atoms with E-state index in [9.17, 15) is 0 Å². The molecule has 2 N–H and O–H groups in total. The molecule has 0 bridgehead atoms. The number of hydrogen-bond acceptors (Lipinski definition) is 3. The van der Waals surface area contributed by atoms with Gasteiger partial charge in [-0.15, -0.1) is 0 Å². The maximum Gasteiger partial charge on any atom is 0.119 e. The number of nitrogens with two attached hydrogens (primary N) is 1. The van der Waals surface area contributed by atoms with Crippen LogP contribution in [-0.2, 0) is 6.42 Å². The van der Waals surface area contributed by atoms with Crippen molar-refractivity contribution in [2.45, 2.75) is 25.4 Å². The Morgan fingerprint density at radius 3 is 2.47 bits per heavy atom. The van der Waals surface area contributed by atoms with Crippen molar-refractivity contribution in [2.24, 2.45) is 5.73 Å². The van der Waals surface area contributed by atoms with Gasteiger partial charge in [-0.2, -0.15) is 0 Å². The molecule has 1 fully saturated rings. The number of piperidine rings is 1. The SMILES string of the molecule is CN1CCC(Oc2ccc(CCN)cc2)CC1. The first-order valence-electron chi connectivity index (χ1n) is 6.42. The highest BCUT2D eigenvalue weighted by atomic mass is 16.5.